The Bertz CT molecular complexity index is 963. The van der Waals surface area contributed by atoms with Crippen LogP contribution in [0.15, 0.2) is 53.4 Å². The van der Waals surface area contributed by atoms with Crippen LogP contribution in [0.5, 0.6) is 0 Å². The Hall–Kier alpha value is -1.18. The Morgan fingerprint density at radius 2 is 1.85 bits per heavy atom. The van der Waals surface area contributed by atoms with Crippen LogP contribution in [0.1, 0.15) is 18.4 Å². The summed E-state index contributed by atoms with van der Waals surface area (Å²) in [5.74, 6) is -0.430. The van der Waals surface area contributed by atoms with Gasteiger partial charge in [-0.15, -0.1) is 0 Å². The van der Waals surface area contributed by atoms with E-state index < -0.39 is 26.4 Å². The molecule has 0 heterocycles. The van der Waals surface area contributed by atoms with Crippen molar-refractivity contribution in [2.24, 2.45) is 11.1 Å². The van der Waals surface area contributed by atoms with E-state index in [9.17, 15) is 8.42 Å². The number of benzene rings is 2. The topological polar surface area (TPSA) is 69.4 Å². The molecule has 0 radical (unpaired) electrons. The van der Waals surface area contributed by atoms with Gasteiger partial charge in [0, 0.05) is 22.6 Å². The molecule has 3 atom stereocenters. The molecular formula is C19H19Cl2NO3S2. The van der Waals surface area contributed by atoms with Gasteiger partial charge in [0.15, 0.2) is 9.84 Å². The molecule has 1 aliphatic rings. The van der Waals surface area contributed by atoms with E-state index in [0.29, 0.717) is 16.7 Å². The van der Waals surface area contributed by atoms with E-state index in [1.54, 1.807) is 30.3 Å². The van der Waals surface area contributed by atoms with Crippen molar-refractivity contribution in [3.63, 3.8) is 0 Å². The molecule has 4 nitrogen and oxygen atoms in total. The van der Waals surface area contributed by atoms with Crippen molar-refractivity contribution in [1.82, 2.24) is 0 Å². The highest BCUT2D eigenvalue weighted by atomic mass is 35.5. The molecule has 1 saturated carbocycles. The minimum Gasteiger partial charge on any atom is -0.393 e. The van der Waals surface area contributed by atoms with Crippen LogP contribution >= 0.6 is 35.4 Å². The van der Waals surface area contributed by atoms with E-state index >= 15 is 0 Å². The molecule has 0 aromatic heterocycles. The molecule has 3 rings (SSSR count). The van der Waals surface area contributed by atoms with E-state index in [2.05, 4.69) is 0 Å². The molecule has 0 aliphatic heterocycles. The smallest absolute Gasteiger partial charge is 0.182 e. The van der Waals surface area contributed by atoms with Crippen molar-refractivity contribution >= 4 is 50.2 Å². The fraction of sp³-hybridized carbons (Fsp3) is 0.316. The lowest BCUT2D eigenvalue weighted by molar-refractivity contribution is 0.121. The fourth-order valence-electron chi connectivity index (χ4n) is 3.61. The van der Waals surface area contributed by atoms with Gasteiger partial charge in [0.2, 0.25) is 0 Å². The third kappa shape index (κ3) is 3.61. The summed E-state index contributed by atoms with van der Waals surface area (Å²) in [5, 5.41) is 0.162. The third-order valence-electron chi connectivity index (χ3n) is 4.94. The molecule has 2 aromatic rings. The predicted octanol–water partition coefficient (Wildman–Crippen LogP) is 4.24. The van der Waals surface area contributed by atoms with Crippen molar-refractivity contribution in [2.75, 3.05) is 13.2 Å². The molecular weight excluding hydrogens is 425 g/mol. The van der Waals surface area contributed by atoms with E-state index in [-0.39, 0.29) is 16.5 Å². The van der Waals surface area contributed by atoms with Gasteiger partial charge < -0.3 is 10.5 Å². The first-order chi connectivity index (χ1) is 12.7. The molecule has 144 valence electrons. The zero-order valence-corrected chi connectivity index (χ0v) is 17.7. The SMILES string of the molecule is CCOC[C@@]1(C(N)=S)[C@H](c2cccc(Cl)c2)[C@@H]1S(=O)(=O)c1ccc(Cl)cc1. The first-order valence-electron chi connectivity index (χ1n) is 8.37. The number of hydrogen-bond donors (Lipinski definition) is 1. The summed E-state index contributed by atoms with van der Waals surface area (Å²) < 4.78 is 32.4. The normalized spacial score (nSPS) is 24.6. The second kappa shape index (κ2) is 7.68. The molecule has 2 N–H and O–H groups in total. The molecule has 0 amide bonds. The van der Waals surface area contributed by atoms with Crippen LogP contribution in [0.25, 0.3) is 0 Å². The number of sulfone groups is 1. The Balaban J connectivity index is 2.12. The van der Waals surface area contributed by atoms with E-state index in [0.717, 1.165) is 5.56 Å². The summed E-state index contributed by atoms with van der Waals surface area (Å²) in [6.45, 7) is 2.40. The van der Waals surface area contributed by atoms with Gasteiger partial charge in [-0.05, 0) is 48.9 Å². The maximum absolute atomic E-state index is 13.4. The molecule has 0 saturated heterocycles. The second-order valence-corrected chi connectivity index (χ2v) is 9.88. The Morgan fingerprint density at radius 1 is 1.19 bits per heavy atom. The van der Waals surface area contributed by atoms with Crippen LogP contribution in [0.2, 0.25) is 10.0 Å². The maximum atomic E-state index is 13.4. The van der Waals surface area contributed by atoms with Gasteiger partial charge in [-0.1, -0.05) is 47.6 Å². The minimum absolute atomic E-state index is 0.128. The summed E-state index contributed by atoms with van der Waals surface area (Å²) in [6, 6.07) is 13.2. The zero-order chi connectivity index (χ0) is 19.8. The quantitative estimate of drug-likeness (QED) is 0.647. The van der Waals surface area contributed by atoms with Gasteiger partial charge in [0.05, 0.1) is 27.2 Å². The van der Waals surface area contributed by atoms with Gasteiger partial charge >= 0.3 is 0 Å². The van der Waals surface area contributed by atoms with Crippen LogP contribution in [0.4, 0.5) is 0 Å². The zero-order valence-electron chi connectivity index (χ0n) is 14.6. The molecule has 1 fully saturated rings. The fourth-order valence-corrected chi connectivity index (χ4v) is 6.71. The van der Waals surface area contributed by atoms with Crippen LogP contribution < -0.4 is 5.73 Å². The standard InChI is InChI=1S/C19H19Cl2NO3S2/c1-2-25-11-19(18(22)26)16(12-4-3-5-14(21)10-12)17(19)27(23,24)15-8-6-13(20)7-9-15/h3-10,16-17H,2,11H2,1H3,(H2,22,26)/t16-,17+,19-/m1/s1. The van der Waals surface area contributed by atoms with Crippen LogP contribution in [0.3, 0.4) is 0 Å². The Morgan fingerprint density at radius 3 is 2.41 bits per heavy atom. The largest absolute Gasteiger partial charge is 0.393 e. The molecule has 2 aromatic carbocycles. The van der Waals surface area contributed by atoms with Gasteiger partial charge in [-0.3, -0.25) is 0 Å². The number of hydrogen-bond acceptors (Lipinski definition) is 4. The third-order valence-corrected chi connectivity index (χ3v) is 8.10. The summed E-state index contributed by atoms with van der Waals surface area (Å²) in [6.07, 6.45) is 0. The number of halogens is 2. The van der Waals surface area contributed by atoms with Gasteiger partial charge in [0.1, 0.15) is 0 Å². The number of thiocarbonyl (C=S) groups is 1. The predicted molar refractivity (Wildman–Crippen MR) is 112 cm³/mol. The lowest BCUT2D eigenvalue weighted by atomic mass is 10.00. The summed E-state index contributed by atoms with van der Waals surface area (Å²) in [7, 11) is -3.72. The van der Waals surface area contributed by atoms with E-state index in [1.165, 1.54) is 12.1 Å². The van der Waals surface area contributed by atoms with Crippen LogP contribution in [-0.2, 0) is 14.6 Å². The molecule has 8 heteroatoms. The highest BCUT2D eigenvalue weighted by molar-refractivity contribution is 7.92. The van der Waals surface area contributed by atoms with Gasteiger partial charge in [0.25, 0.3) is 0 Å². The highest BCUT2D eigenvalue weighted by Gasteiger charge is 2.73. The molecule has 1 aliphatic carbocycles. The maximum Gasteiger partial charge on any atom is 0.182 e. The lowest BCUT2D eigenvalue weighted by Gasteiger charge is -2.17. The molecule has 0 spiro atoms. The second-order valence-electron chi connectivity index (χ2n) is 6.49. The summed E-state index contributed by atoms with van der Waals surface area (Å²) >= 11 is 17.3. The molecule has 27 heavy (non-hydrogen) atoms. The van der Waals surface area contributed by atoms with Gasteiger partial charge in [-0.25, -0.2) is 8.42 Å². The average Bonchev–Trinajstić information content (AvgIpc) is 3.32. The average molecular weight is 444 g/mol. The number of ether oxygens (including phenoxy) is 1. The summed E-state index contributed by atoms with van der Waals surface area (Å²) in [5.41, 5.74) is 5.86. The van der Waals surface area contributed by atoms with E-state index in [1.807, 2.05) is 13.0 Å². The monoisotopic (exact) mass is 443 g/mol. The molecule has 0 bridgehead atoms. The van der Waals surface area contributed by atoms with Crippen molar-refractivity contribution in [2.45, 2.75) is 23.0 Å². The van der Waals surface area contributed by atoms with Gasteiger partial charge in [-0.2, -0.15) is 0 Å². The first kappa shape index (κ1) is 20.6. The van der Waals surface area contributed by atoms with Crippen molar-refractivity contribution in [1.29, 1.82) is 0 Å². The Kier molecular flexibility index (Phi) is 5.85. The summed E-state index contributed by atoms with van der Waals surface area (Å²) in [4.78, 5) is 0.307. The number of nitrogens with two attached hydrogens (primary N) is 1. The van der Waals surface area contributed by atoms with Crippen molar-refractivity contribution in [3.05, 3.63) is 64.1 Å². The minimum atomic E-state index is -3.72. The Labute approximate surface area is 174 Å². The molecule has 0 unspecified atom stereocenters. The van der Waals surface area contributed by atoms with Crippen LogP contribution in [-0.4, -0.2) is 31.9 Å². The van der Waals surface area contributed by atoms with Crippen LogP contribution in [0, 0.1) is 5.41 Å². The lowest BCUT2D eigenvalue weighted by Crippen LogP contribution is -2.33. The first-order valence-corrected chi connectivity index (χ1v) is 11.1. The van der Waals surface area contributed by atoms with Crippen molar-refractivity contribution in [3.8, 4) is 0 Å². The van der Waals surface area contributed by atoms with Crippen molar-refractivity contribution < 1.29 is 13.2 Å². The number of rotatable bonds is 7. The van der Waals surface area contributed by atoms with E-state index in [4.69, 9.17) is 45.9 Å². The highest BCUT2D eigenvalue weighted by Crippen LogP contribution is 2.64.